The summed E-state index contributed by atoms with van der Waals surface area (Å²) in [5, 5.41) is 20.3. The van der Waals surface area contributed by atoms with E-state index < -0.39 is 22.9 Å². The number of hydrogen-bond donors (Lipinski definition) is 2. The van der Waals surface area contributed by atoms with Gasteiger partial charge in [-0.05, 0) is 24.3 Å². The standard InChI is InChI=1S/C23H16N2O5/c26-20(11-21(27)23(29)30)17-13-25(19-8-4-2-6-16(19)22(17)28)12-15-10-9-14-5-1-3-7-18(14)24-15/h1-11,13,26H,12H2,(H,29,30)/b20-11-. The number of para-hydroxylation sites is 2. The van der Waals surface area contributed by atoms with Crippen molar-refractivity contribution in [3.8, 4) is 0 Å². The summed E-state index contributed by atoms with van der Waals surface area (Å²) in [6.45, 7) is 0.304. The number of ketones is 1. The lowest BCUT2D eigenvalue weighted by Crippen LogP contribution is -2.17. The fraction of sp³-hybridized carbons (Fsp3) is 0.0435. The van der Waals surface area contributed by atoms with Crippen molar-refractivity contribution in [2.24, 2.45) is 0 Å². The first-order chi connectivity index (χ1) is 14.4. The first kappa shape index (κ1) is 19.1. The van der Waals surface area contributed by atoms with Gasteiger partial charge in [-0.15, -0.1) is 0 Å². The highest BCUT2D eigenvalue weighted by Crippen LogP contribution is 2.18. The van der Waals surface area contributed by atoms with Crippen LogP contribution in [0.3, 0.4) is 0 Å². The number of pyridine rings is 2. The van der Waals surface area contributed by atoms with Gasteiger partial charge < -0.3 is 14.8 Å². The minimum atomic E-state index is -1.72. The molecule has 30 heavy (non-hydrogen) atoms. The summed E-state index contributed by atoms with van der Waals surface area (Å²) in [5.74, 6) is -3.73. The van der Waals surface area contributed by atoms with Crippen LogP contribution in [0.1, 0.15) is 11.3 Å². The van der Waals surface area contributed by atoms with Crippen LogP contribution in [0, 0.1) is 0 Å². The van der Waals surface area contributed by atoms with E-state index in [4.69, 9.17) is 5.11 Å². The Bertz CT molecular complexity index is 1400. The number of fused-ring (bicyclic) bond motifs is 2. The SMILES string of the molecule is O=C(O)C(=O)/C=C(\O)c1cn(Cc2ccc3ccccc3n2)c2ccccc2c1=O. The Labute approximate surface area is 170 Å². The molecule has 148 valence electrons. The summed E-state index contributed by atoms with van der Waals surface area (Å²) in [4.78, 5) is 39.7. The molecule has 0 aliphatic heterocycles. The van der Waals surface area contributed by atoms with Gasteiger partial charge in [0.15, 0.2) is 5.43 Å². The first-order valence-electron chi connectivity index (χ1n) is 9.09. The molecule has 7 nitrogen and oxygen atoms in total. The van der Waals surface area contributed by atoms with Gasteiger partial charge in [0.25, 0.3) is 5.78 Å². The number of aliphatic hydroxyl groups is 1. The molecule has 0 aliphatic carbocycles. The minimum Gasteiger partial charge on any atom is -0.507 e. The van der Waals surface area contributed by atoms with Crippen molar-refractivity contribution in [1.82, 2.24) is 9.55 Å². The van der Waals surface area contributed by atoms with Crippen LogP contribution in [0.25, 0.3) is 27.6 Å². The van der Waals surface area contributed by atoms with E-state index in [0.29, 0.717) is 23.5 Å². The van der Waals surface area contributed by atoms with Gasteiger partial charge in [-0.25, -0.2) is 4.79 Å². The van der Waals surface area contributed by atoms with Crippen LogP contribution >= 0.6 is 0 Å². The van der Waals surface area contributed by atoms with E-state index in [9.17, 15) is 19.5 Å². The van der Waals surface area contributed by atoms with Crippen LogP contribution in [-0.2, 0) is 16.1 Å². The lowest BCUT2D eigenvalue weighted by molar-refractivity contribution is -0.146. The fourth-order valence-electron chi connectivity index (χ4n) is 3.29. The topological polar surface area (TPSA) is 109 Å². The molecule has 0 spiro atoms. The van der Waals surface area contributed by atoms with Gasteiger partial charge in [0, 0.05) is 23.0 Å². The predicted molar refractivity (Wildman–Crippen MR) is 112 cm³/mol. The summed E-state index contributed by atoms with van der Waals surface area (Å²) in [6, 6.07) is 18.4. The summed E-state index contributed by atoms with van der Waals surface area (Å²) >= 11 is 0. The second-order valence-electron chi connectivity index (χ2n) is 6.71. The predicted octanol–water partition coefficient (Wildman–Crippen LogP) is 3.15. The second kappa shape index (κ2) is 7.63. The number of benzene rings is 2. The van der Waals surface area contributed by atoms with Crippen molar-refractivity contribution in [2.45, 2.75) is 6.54 Å². The highest BCUT2D eigenvalue weighted by molar-refractivity contribution is 6.38. The van der Waals surface area contributed by atoms with E-state index in [1.165, 1.54) is 6.20 Å². The molecule has 2 heterocycles. The molecule has 0 aliphatic rings. The molecular formula is C23H16N2O5. The molecule has 2 N–H and O–H groups in total. The Morgan fingerprint density at radius 1 is 0.967 bits per heavy atom. The molecule has 2 aromatic heterocycles. The highest BCUT2D eigenvalue weighted by Gasteiger charge is 2.16. The summed E-state index contributed by atoms with van der Waals surface area (Å²) < 4.78 is 1.73. The zero-order chi connectivity index (χ0) is 21.3. The average molecular weight is 400 g/mol. The van der Waals surface area contributed by atoms with Crippen molar-refractivity contribution < 1.29 is 19.8 Å². The van der Waals surface area contributed by atoms with Crippen LogP contribution in [0.2, 0.25) is 0 Å². The van der Waals surface area contributed by atoms with Crippen LogP contribution < -0.4 is 5.43 Å². The van der Waals surface area contributed by atoms with Gasteiger partial charge in [0.1, 0.15) is 5.76 Å². The van der Waals surface area contributed by atoms with Gasteiger partial charge in [0.2, 0.25) is 0 Å². The normalized spacial score (nSPS) is 11.7. The third-order valence-corrected chi connectivity index (χ3v) is 4.73. The molecule has 0 bridgehead atoms. The number of rotatable bonds is 5. The molecule has 0 atom stereocenters. The van der Waals surface area contributed by atoms with Crippen molar-refractivity contribution in [3.63, 3.8) is 0 Å². The zero-order valence-corrected chi connectivity index (χ0v) is 15.6. The highest BCUT2D eigenvalue weighted by atomic mass is 16.4. The Hall–Kier alpha value is -4.26. The maximum absolute atomic E-state index is 12.8. The molecule has 4 rings (SSSR count). The molecular weight excluding hydrogens is 384 g/mol. The maximum atomic E-state index is 12.8. The van der Waals surface area contributed by atoms with Crippen molar-refractivity contribution >= 4 is 39.3 Å². The van der Waals surface area contributed by atoms with Crippen molar-refractivity contribution in [2.75, 3.05) is 0 Å². The minimum absolute atomic E-state index is 0.163. The summed E-state index contributed by atoms with van der Waals surface area (Å²) in [6.07, 6.45) is 1.94. The van der Waals surface area contributed by atoms with E-state index in [-0.39, 0.29) is 5.56 Å². The van der Waals surface area contributed by atoms with Gasteiger partial charge in [-0.3, -0.25) is 14.6 Å². The van der Waals surface area contributed by atoms with Gasteiger partial charge in [0.05, 0.1) is 28.8 Å². The van der Waals surface area contributed by atoms with Crippen LogP contribution in [0.15, 0.2) is 77.7 Å². The Morgan fingerprint density at radius 2 is 1.70 bits per heavy atom. The molecule has 0 amide bonds. The van der Waals surface area contributed by atoms with Crippen molar-refractivity contribution in [3.05, 3.63) is 94.4 Å². The van der Waals surface area contributed by atoms with Crippen LogP contribution in [-0.4, -0.2) is 31.5 Å². The van der Waals surface area contributed by atoms with Crippen molar-refractivity contribution in [1.29, 1.82) is 0 Å². The maximum Gasteiger partial charge on any atom is 0.376 e. The number of carboxylic acid groups (broad SMARTS) is 1. The van der Waals surface area contributed by atoms with E-state index in [1.807, 2.05) is 36.4 Å². The van der Waals surface area contributed by atoms with Crippen LogP contribution in [0.4, 0.5) is 0 Å². The zero-order valence-electron chi connectivity index (χ0n) is 15.6. The fourth-order valence-corrected chi connectivity index (χ4v) is 3.29. The lowest BCUT2D eigenvalue weighted by atomic mass is 10.1. The number of aliphatic carboxylic acids is 1. The number of carboxylic acids is 1. The molecule has 0 saturated carbocycles. The van der Waals surface area contributed by atoms with E-state index in [1.54, 1.807) is 28.8 Å². The molecule has 0 unspecified atom stereocenters. The molecule has 0 saturated heterocycles. The smallest absolute Gasteiger partial charge is 0.376 e. The van der Waals surface area contributed by atoms with Gasteiger partial charge in [-0.2, -0.15) is 0 Å². The Balaban J connectivity index is 1.86. The molecule has 0 fully saturated rings. The monoisotopic (exact) mass is 400 g/mol. The molecule has 0 radical (unpaired) electrons. The third kappa shape index (κ3) is 3.56. The molecule has 4 aromatic rings. The number of aliphatic hydroxyl groups excluding tert-OH is 1. The number of aromatic nitrogens is 2. The van der Waals surface area contributed by atoms with Gasteiger partial charge >= 0.3 is 5.97 Å². The third-order valence-electron chi connectivity index (χ3n) is 4.73. The van der Waals surface area contributed by atoms with E-state index in [0.717, 1.165) is 16.6 Å². The second-order valence-corrected chi connectivity index (χ2v) is 6.71. The van der Waals surface area contributed by atoms with Gasteiger partial charge in [-0.1, -0.05) is 36.4 Å². The van der Waals surface area contributed by atoms with Crippen LogP contribution in [0.5, 0.6) is 0 Å². The number of hydrogen-bond acceptors (Lipinski definition) is 5. The quantitative estimate of drug-likeness (QED) is 0.303. The Kier molecular flexibility index (Phi) is 4.85. The number of carbonyl (C=O) groups is 2. The lowest BCUT2D eigenvalue weighted by Gasteiger charge is -2.13. The average Bonchev–Trinajstić information content (AvgIpc) is 2.75. The summed E-state index contributed by atoms with van der Waals surface area (Å²) in [7, 11) is 0. The first-order valence-corrected chi connectivity index (χ1v) is 9.09. The van der Waals surface area contributed by atoms with E-state index >= 15 is 0 Å². The number of nitrogens with zero attached hydrogens (tertiary/aromatic N) is 2. The Morgan fingerprint density at radius 3 is 2.50 bits per heavy atom. The number of carbonyl (C=O) groups excluding carboxylic acids is 1. The van der Waals surface area contributed by atoms with E-state index in [2.05, 4.69) is 4.98 Å². The molecule has 7 heteroatoms. The largest absolute Gasteiger partial charge is 0.507 e. The summed E-state index contributed by atoms with van der Waals surface area (Å²) in [5.41, 5.74) is 1.52. The molecule has 2 aromatic carbocycles.